The molecule has 0 bridgehead atoms. The SMILES string of the molecule is CCNC(=O)c1nnc(-c2cc(C(C)C)c(O)cc2O)n1-c1ccc(S(=O)(=O)N2CCC(C(=O)N3CCN(C(=O)Oc4ccc5nc6c(c(CC)c5c4)Cn4c-6cc5c(c4=O)COC(=O)C5(O)CC)C(C)C3)CC2)cc1. The summed E-state index contributed by atoms with van der Waals surface area (Å²) < 4.78 is 43.6. The van der Waals surface area contributed by atoms with Gasteiger partial charge in [0.05, 0.1) is 39.5 Å². The molecule has 10 rings (SSSR count). The van der Waals surface area contributed by atoms with E-state index in [1.54, 1.807) is 58.5 Å². The predicted octanol–water partition coefficient (Wildman–Crippen LogP) is 5.31. The number of hydrogen-bond acceptors (Lipinski definition) is 15. The van der Waals surface area contributed by atoms with E-state index in [-0.39, 0.29) is 114 Å². The van der Waals surface area contributed by atoms with Gasteiger partial charge < -0.3 is 44.5 Å². The Hall–Kier alpha value is -7.69. The van der Waals surface area contributed by atoms with Crippen LogP contribution < -0.4 is 15.6 Å². The minimum Gasteiger partial charge on any atom is -0.508 e. The van der Waals surface area contributed by atoms with Gasteiger partial charge in [0.15, 0.2) is 11.4 Å². The number of esters is 1. The maximum Gasteiger partial charge on any atom is 0.415 e. The van der Waals surface area contributed by atoms with E-state index in [0.717, 1.165) is 16.5 Å². The fraction of sp³-hybridized carbons (Fsp3) is 0.407. The van der Waals surface area contributed by atoms with Crippen molar-refractivity contribution in [1.29, 1.82) is 0 Å². The minimum absolute atomic E-state index is 0.00178. The van der Waals surface area contributed by atoms with Crippen molar-refractivity contribution in [2.24, 2.45) is 5.92 Å². The Morgan fingerprint density at radius 3 is 2.33 bits per heavy atom. The monoisotopic (exact) mass is 1060 g/mol. The van der Waals surface area contributed by atoms with Crippen LogP contribution in [0.4, 0.5) is 4.79 Å². The summed E-state index contributed by atoms with van der Waals surface area (Å²) in [6.45, 7) is 12.2. The van der Waals surface area contributed by atoms with Gasteiger partial charge in [0.2, 0.25) is 21.8 Å². The van der Waals surface area contributed by atoms with Gasteiger partial charge in [-0.2, -0.15) is 4.31 Å². The van der Waals surface area contributed by atoms with Gasteiger partial charge in [0.1, 0.15) is 23.9 Å². The number of nitrogens with zero attached hydrogens (tertiary/aromatic N) is 8. The van der Waals surface area contributed by atoms with Crippen LogP contribution in [0.1, 0.15) is 105 Å². The van der Waals surface area contributed by atoms with E-state index in [9.17, 15) is 47.7 Å². The van der Waals surface area contributed by atoms with Crippen LogP contribution >= 0.6 is 0 Å². The van der Waals surface area contributed by atoms with Crippen molar-refractivity contribution in [3.05, 3.63) is 105 Å². The lowest BCUT2D eigenvalue weighted by atomic mass is 9.86. The number of aromatic hydroxyl groups is 2. The van der Waals surface area contributed by atoms with Crippen molar-refractivity contribution in [1.82, 2.24) is 43.7 Å². The van der Waals surface area contributed by atoms with Crippen LogP contribution in [-0.2, 0) is 49.5 Å². The van der Waals surface area contributed by atoms with Gasteiger partial charge >= 0.3 is 12.1 Å². The average Bonchev–Trinajstić information content (AvgIpc) is 4.03. The standard InChI is InChI=1S/C54H59N9O12S/c1-7-35-37-22-33(12-15-42(37)56-46-39(35)27-62-43(46)24-41-40(51(62)68)28-74-52(69)54(41,71)8-2)75-53(70)61-21-20-59(26-30(61)6)50(67)31-16-18-60(19-17-31)76(72,73)34-13-10-32(11-14-34)63-47(57-58-48(63)49(66)55-9-3)38-23-36(29(4)5)44(64)25-45(38)65/h10-15,22-25,29-31,64-65,71H,7-9,16-21,26-28H2,1-6H3,(H,55,66). The predicted molar refractivity (Wildman–Crippen MR) is 276 cm³/mol. The maximum absolute atomic E-state index is 14.0. The molecule has 22 heteroatoms. The number of phenols is 2. The molecule has 3 aromatic carbocycles. The number of sulfonamides is 1. The number of piperazine rings is 1. The number of nitrogens with one attached hydrogen (secondary N) is 1. The fourth-order valence-electron chi connectivity index (χ4n) is 11.0. The molecule has 2 atom stereocenters. The Balaban J connectivity index is 0.778. The first-order valence-corrected chi connectivity index (χ1v) is 27.0. The van der Waals surface area contributed by atoms with Crippen molar-refractivity contribution in [2.75, 3.05) is 39.3 Å². The Kier molecular flexibility index (Phi) is 13.5. The van der Waals surface area contributed by atoms with Crippen LogP contribution in [0.15, 0.2) is 70.4 Å². The number of aliphatic hydroxyl groups is 1. The van der Waals surface area contributed by atoms with Crippen LogP contribution in [0.5, 0.6) is 17.2 Å². The number of aryl methyl sites for hydroxylation is 1. The molecular weight excluding hydrogens is 999 g/mol. The highest BCUT2D eigenvalue weighted by Crippen LogP contribution is 2.42. The molecule has 4 N–H and O–H groups in total. The van der Waals surface area contributed by atoms with Gasteiger partial charge in [0.25, 0.3) is 11.5 Å². The van der Waals surface area contributed by atoms with Crippen molar-refractivity contribution in [3.63, 3.8) is 0 Å². The van der Waals surface area contributed by atoms with Crippen LogP contribution in [-0.4, -0.2) is 131 Å². The molecule has 2 fully saturated rings. The van der Waals surface area contributed by atoms with E-state index in [0.29, 0.717) is 59.7 Å². The number of amides is 3. The third-order valence-electron chi connectivity index (χ3n) is 15.3. The van der Waals surface area contributed by atoms with Crippen molar-refractivity contribution < 1.29 is 52.4 Å². The van der Waals surface area contributed by atoms with Crippen molar-refractivity contribution >= 4 is 44.8 Å². The number of pyridine rings is 2. The minimum atomic E-state index is -4.01. The van der Waals surface area contributed by atoms with E-state index in [4.69, 9.17) is 14.5 Å². The summed E-state index contributed by atoms with van der Waals surface area (Å²) in [7, 11) is -4.01. The largest absolute Gasteiger partial charge is 0.508 e. The van der Waals surface area contributed by atoms with E-state index in [2.05, 4.69) is 15.5 Å². The summed E-state index contributed by atoms with van der Waals surface area (Å²) in [6, 6.07) is 15.1. The first-order valence-electron chi connectivity index (χ1n) is 25.6. The Labute approximate surface area is 437 Å². The highest BCUT2D eigenvalue weighted by molar-refractivity contribution is 7.89. The smallest absolute Gasteiger partial charge is 0.415 e. The number of phenolic OH excluding ortho intramolecular Hbond substituents is 2. The highest BCUT2D eigenvalue weighted by Gasteiger charge is 2.46. The second-order valence-electron chi connectivity index (χ2n) is 20.0. The van der Waals surface area contributed by atoms with E-state index in [1.165, 1.54) is 39.2 Å². The molecule has 398 valence electrons. The fourth-order valence-corrected chi connectivity index (χ4v) is 12.5. The third kappa shape index (κ3) is 8.70. The van der Waals surface area contributed by atoms with E-state index < -0.39 is 45.6 Å². The summed E-state index contributed by atoms with van der Waals surface area (Å²) in [5.41, 5.74) is 2.71. The summed E-state index contributed by atoms with van der Waals surface area (Å²) >= 11 is 0. The van der Waals surface area contributed by atoms with E-state index >= 15 is 0 Å². The van der Waals surface area contributed by atoms with Crippen LogP contribution in [0.3, 0.4) is 0 Å². The van der Waals surface area contributed by atoms with Crippen LogP contribution in [0.25, 0.3) is 39.4 Å². The average molecular weight is 1060 g/mol. The summed E-state index contributed by atoms with van der Waals surface area (Å²) in [6.07, 6.45) is 0.619. The molecule has 6 aromatic rings. The Morgan fingerprint density at radius 2 is 1.66 bits per heavy atom. The second kappa shape index (κ2) is 19.8. The van der Waals surface area contributed by atoms with Crippen LogP contribution in [0.2, 0.25) is 0 Å². The Morgan fingerprint density at radius 1 is 0.921 bits per heavy atom. The molecule has 76 heavy (non-hydrogen) atoms. The molecule has 3 amide bonds. The number of hydrogen-bond donors (Lipinski definition) is 4. The van der Waals surface area contributed by atoms with Gasteiger partial charge in [-0.05, 0) is 111 Å². The third-order valence-corrected chi connectivity index (χ3v) is 17.2. The quantitative estimate of drug-likeness (QED) is 0.120. The number of piperidine rings is 1. The maximum atomic E-state index is 14.0. The summed E-state index contributed by atoms with van der Waals surface area (Å²) in [5, 5.41) is 44.5. The zero-order valence-electron chi connectivity index (χ0n) is 43.0. The first-order chi connectivity index (χ1) is 36.3. The van der Waals surface area contributed by atoms with Gasteiger partial charge in [-0.3, -0.25) is 19.0 Å². The molecule has 0 aliphatic carbocycles. The lowest BCUT2D eigenvalue weighted by molar-refractivity contribution is -0.172. The van der Waals surface area contributed by atoms with Gasteiger partial charge in [-0.1, -0.05) is 27.7 Å². The van der Waals surface area contributed by atoms with E-state index in [1.807, 2.05) is 27.7 Å². The normalized spacial score (nSPS) is 18.8. The molecule has 0 saturated carbocycles. The molecular formula is C54H59N9O12S. The lowest BCUT2D eigenvalue weighted by Crippen LogP contribution is -2.57. The molecule has 2 unspecified atom stereocenters. The molecule has 21 nitrogen and oxygen atoms in total. The van der Waals surface area contributed by atoms with Gasteiger partial charge in [-0.15, -0.1) is 10.2 Å². The molecule has 0 radical (unpaired) electrons. The molecule has 4 aliphatic heterocycles. The van der Waals surface area contributed by atoms with Crippen molar-refractivity contribution in [2.45, 2.75) is 103 Å². The number of cyclic esters (lactones) is 1. The molecule has 4 aliphatic rings. The second-order valence-corrected chi connectivity index (χ2v) is 22.0. The Bertz CT molecular complexity index is 3550. The number of aromatic nitrogens is 5. The van der Waals surface area contributed by atoms with Crippen molar-refractivity contribution in [3.8, 4) is 45.7 Å². The highest BCUT2D eigenvalue weighted by atomic mass is 32.2. The number of carbonyl (C=O) groups is 4. The number of benzene rings is 3. The number of rotatable bonds is 11. The van der Waals surface area contributed by atoms with Gasteiger partial charge in [0, 0.05) is 79.5 Å². The molecule has 2 saturated heterocycles. The lowest BCUT2D eigenvalue weighted by Gasteiger charge is -2.41. The topological polar surface area (TPSA) is 269 Å². The molecule has 3 aromatic heterocycles. The summed E-state index contributed by atoms with van der Waals surface area (Å²) in [5.74, 6) is -2.07. The molecule has 0 spiro atoms. The number of ether oxygens (including phenoxy) is 2. The zero-order chi connectivity index (χ0) is 54.1. The molecule has 7 heterocycles. The summed E-state index contributed by atoms with van der Waals surface area (Å²) in [4.78, 5) is 75.6. The zero-order valence-corrected chi connectivity index (χ0v) is 43.8. The number of fused-ring (bicyclic) bond motifs is 5. The first kappa shape index (κ1) is 51.8. The van der Waals surface area contributed by atoms with Gasteiger partial charge in [-0.25, -0.2) is 23.0 Å². The van der Waals surface area contributed by atoms with Crippen LogP contribution in [0, 0.1) is 5.92 Å². The number of carbonyl (C=O) groups excluding carboxylic acids is 4.